The van der Waals surface area contributed by atoms with Crippen LogP contribution in [-0.2, 0) is 11.3 Å². The summed E-state index contributed by atoms with van der Waals surface area (Å²) >= 11 is 3.37. The number of amides is 1. The molecule has 6 heteroatoms. The monoisotopic (exact) mass is 336 g/mol. The lowest BCUT2D eigenvalue weighted by Crippen LogP contribution is -2.36. The van der Waals surface area contributed by atoms with Gasteiger partial charge in [0.1, 0.15) is 0 Å². The summed E-state index contributed by atoms with van der Waals surface area (Å²) in [5, 5.41) is 6.03. The molecule has 5 nitrogen and oxygen atoms in total. The van der Waals surface area contributed by atoms with Gasteiger partial charge in [0.15, 0.2) is 0 Å². The normalized spacial score (nSPS) is 12.1. The Morgan fingerprint density at radius 1 is 1.50 bits per heavy atom. The molecule has 0 saturated heterocycles. The summed E-state index contributed by atoms with van der Waals surface area (Å²) in [5.74, 6) is -0.0550. The predicted octanol–water partition coefficient (Wildman–Crippen LogP) is 2.26. The molecule has 2 rings (SSSR count). The number of rotatable bonds is 6. The van der Waals surface area contributed by atoms with E-state index in [-0.39, 0.29) is 18.5 Å². The van der Waals surface area contributed by atoms with Crippen molar-refractivity contribution in [1.29, 1.82) is 0 Å². The van der Waals surface area contributed by atoms with Gasteiger partial charge in [-0.2, -0.15) is 0 Å². The van der Waals surface area contributed by atoms with E-state index in [1.165, 1.54) is 0 Å². The maximum Gasteiger partial charge on any atom is 0.238 e. The van der Waals surface area contributed by atoms with Crippen LogP contribution in [0.15, 0.2) is 47.5 Å². The topological polar surface area (TPSA) is 59.0 Å². The molecule has 106 valence electrons. The highest BCUT2D eigenvalue weighted by Gasteiger charge is 2.06. The van der Waals surface area contributed by atoms with Crippen molar-refractivity contribution in [3.05, 3.63) is 47.5 Å². The Morgan fingerprint density at radius 3 is 3.05 bits per heavy atom. The molecule has 0 bridgehead atoms. The molecule has 0 radical (unpaired) electrons. The van der Waals surface area contributed by atoms with Gasteiger partial charge in [-0.15, -0.1) is 0 Å². The zero-order valence-corrected chi connectivity index (χ0v) is 12.8. The summed E-state index contributed by atoms with van der Waals surface area (Å²) in [5.41, 5.74) is 0.786. The van der Waals surface area contributed by atoms with E-state index in [2.05, 4.69) is 31.5 Å². The SMILES string of the molecule is CC(Cn1ccnc1)NCC(=O)Nc1cccc(Br)c1. The second-order valence-electron chi connectivity index (χ2n) is 4.60. The molecule has 1 aromatic heterocycles. The first-order valence-electron chi connectivity index (χ1n) is 6.38. The lowest BCUT2D eigenvalue weighted by molar-refractivity contribution is -0.115. The number of nitrogens with zero attached hydrogens (tertiary/aromatic N) is 2. The molecule has 0 fully saturated rings. The Bertz CT molecular complexity index is 556. The van der Waals surface area contributed by atoms with E-state index in [1.54, 1.807) is 12.5 Å². The van der Waals surface area contributed by atoms with Crippen LogP contribution in [0.5, 0.6) is 0 Å². The van der Waals surface area contributed by atoms with Crippen LogP contribution in [0.1, 0.15) is 6.92 Å². The van der Waals surface area contributed by atoms with E-state index in [0.717, 1.165) is 16.7 Å². The molecule has 2 N–H and O–H groups in total. The van der Waals surface area contributed by atoms with E-state index in [1.807, 2.05) is 42.0 Å². The van der Waals surface area contributed by atoms with Crippen molar-refractivity contribution in [2.24, 2.45) is 0 Å². The van der Waals surface area contributed by atoms with Gasteiger partial charge in [-0.05, 0) is 25.1 Å². The average Bonchev–Trinajstić information content (AvgIpc) is 2.89. The predicted molar refractivity (Wildman–Crippen MR) is 82.5 cm³/mol. The molecule has 0 aliphatic rings. The molecule has 2 aromatic rings. The number of hydrogen-bond acceptors (Lipinski definition) is 3. The first-order chi connectivity index (χ1) is 9.63. The number of imidazole rings is 1. The minimum Gasteiger partial charge on any atom is -0.336 e. The number of hydrogen-bond donors (Lipinski definition) is 2. The second-order valence-corrected chi connectivity index (χ2v) is 5.52. The van der Waals surface area contributed by atoms with Crippen LogP contribution in [0.25, 0.3) is 0 Å². The third-order valence-corrected chi connectivity index (χ3v) is 3.26. The number of halogens is 1. The summed E-state index contributed by atoms with van der Waals surface area (Å²) in [4.78, 5) is 15.8. The van der Waals surface area contributed by atoms with Crippen LogP contribution in [0, 0.1) is 0 Å². The highest BCUT2D eigenvalue weighted by Crippen LogP contribution is 2.15. The van der Waals surface area contributed by atoms with Gasteiger partial charge in [-0.3, -0.25) is 4.79 Å². The molecule has 0 aliphatic heterocycles. The fourth-order valence-electron chi connectivity index (χ4n) is 1.81. The third kappa shape index (κ3) is 4.79. The molecule has 0 spiro atoms. The van der Waals surface area contributed by atoms with Crippen molar-refractivity contribution in [3.8, 4) is 0 Å². The molecular weight excluding hydrogens is 320 g/mol. The smallest absolute Gasteiger partial charge is 0.238 e. The van der Waals surface area contributed by atoms with Crippen molar-refractivity contribution in [2.75, 3.05) is 11.9 Å². The Hall–Kier alpha value is -1.66. The van der Waals surface area contributed by atoms with Crippen LogP contribution < -0.4 is 10.6 Å². The highest BCUT2D eigenvalue weighted by atomic mass is 79.9. The minimum atomic E-state index is -0.0550. The lowest BCUT2D eigenvalue weighted by atomic mass is 10.3. The van der Waals surface area contributed by atoms with Crippen molar-refractivity contribution in [1.82, 2.24) is 14.9 Å². The number of benzene rings is 1. The number of nitrogens with one attached hydrogen (secondary N) is 2. The zero-order chi connectivity index (χ0) is 14.4. The van der Waals surface area contributed by atoms with Crippen molar-refractivity contribution in [2.45, 2.75) is 19.5 Å². The van der Waals surface area contributed by atoms with Gasteiger partial charge in [0.05, 0.1) is 12.9 Å². The van der Waals surface area contributed by atoms with Gasteiger partial charge in [-0.1, -0.05) is 22.0 Å². The zero-order valence-electron chi connectivity index (χ0n) is 11.2. The molecule has 1 heterocycles. The van der Waals surface area contributed by atoms with Gasteiger partial charge < -0.3 is 15.2 Å². The Balaban J connectivity index is 1.74. The fourth-order valence-corrected chi connectivity index (χ4v) is 2.21. The standard InChI is InChI=1S/C14H17BrN4O/c1-11(9-19-6-5-16-10-19)17-8-14(20)18-13-4-2-3-12(15)7-13/h2-7,10-11,17H,8-9H2,1H3,(H,18,20). The molecule has 20 heavy (non-hydrogen) atoms. The van der Waals surface area contributed by atoms with Gasteiger partial charge in [0.2, 0.25) is 5.91 Å². The number of anilines is 1. The van der Waals surface area contributed by atoms with Crippen LogP contribution in [0.2, 0.25) is 0 Å². The van der Waals surface area contributed by atoms with E-state index in [0.29, 0.717) is 0 Å². The second kappa shape index (κ2) is 7.21. The molecule has 1 aromatic carbocycles. The van der Waals surface area contributed by atoms with Crippen LogP contribution >= 0.6 is 15.9 Å². The summed E-state index contributed by atoms with van der Waals surface area (Å²) in [6, 6.07) is 7.72. The molecular formula is C14H17BrN4O. The average molecular weight is 337 g/mol. The summed E-state index contributed by atoms with van der Waals surface area (Å²) in [6.45, 7) is 3.10. The lowest BCUT2D eigenvalue weighted by Gasteiger charge is -2.14. The van der Waals surface area contributed by atoms with Gasteiger partial charge in [0, 0.05) is 35.1 Å². The van der Waals surface area contributed by atoms with E-state index >= 15 is 0 Å². The molecule has 1 amide bonds. The highest BCUT2D eigenvalue weighted by molar-refractivity contribution is 9.10. The van der Waals surface area contributed by atoms with Crippen molar-refractivity contribution >= 4 is 27.5 Å². The first-order valence-corrected chi connectivity index (χ1v) is 7.17. The van der Waals surface area contributed by atoms with E-state index in [9.17, 15) is 4.79 Å². The minimum absolute atomic E-state index is 0.0550. The third-order valence-electron chi connectivity index (χ3n) is 2.76. The number of aromatic nitrogens is 2. The van der Waals surface area contributed by atoms with E-state index in [4.69, 9.17) is 0 Å². The van der Waals surface area contributed by atoms with Crippen LogP contribution in [-0.4, -0.2) is 28.0 Å². The molecule has 0 saturated carbocycles. The summed E-state index contributed by atoms with van der Waals surface area (Å²) in [6.07, 6.45) is 5.41. The first kappa shape index (κ1) is 14.7. The maximum absolute atomic E-state index is 11.8. The molecule has 1 atom stereocenters. The quantitative estimate of drug-likeness (QED) is 0.850. The van der Waals surface area contributed by atoms with Crippen molar-refractivity contribution in [3.63, 3.8) is 0 Å². The molecule has 1 unspecified atom stereocenters. The van der Waals surface area contributed by atoms with Crippen LogP contribution in [0.4, 0.5) is 5.69 Å². The van der Waals surface area contributed by atoms with Crippen LogP contribution in [0.3, 0.4) is 0 Å². The summed E-state index contributed by atoms with van der Waals surface area (Å²) in [7, 11) is 0. The van der Waals surface area contributed by atoms with E-state index < -0.39 is 0 Å². The van der Waals surface area contributed by atoms with Gasteiger partial charge in [-0.25, -0.2) is 4.98 Å². The summed E-state index contributed by atoms with van der Waals surface area (Å²) < 4.78 is 2.92. The fraction of sp³-hybridized carbons (Fsp3) is 0.286. The maximum atomic E-state index is 11.8. The number of carbonyl (C=O) groups excluding carboxylic acids is 1. The Kier molecular flexibility index (Phi) is 5.31. The molecule has 0 aliphatic carbocycles. The van der Waals surface area contributed by atoms with Crippen molar-refractivity contribution < 1.29 is 4.79 Å². The Morgan fingerprint density at radius 2 is 2.35 bits per heavy atom. The Labute approximate surface area is 126 Å². The number of carbonyl (C=O) groups is 1. The van der Waals surface area contributed by atoms with Gasteiger partial charge >= 0.3 is 0 Å². The largest absolute Gasteiger partial charge is 0.336 e. The van der Waals surface area contributed by atoms with Gasteiger partial charge in [0.25, 0.3) is 0 Å².